The number of hydrogen-bond donors (Lipinski definition) is 1. The minimum absolute atomic E-state index is 0.0921. The molecule has 0 saturated heterocycles. The number of ether oxygens (including phenoxy) is 1. The van der Waals surface area contributed by atoms with Crippen LogP contribution in [-0.4, -0.2) is 15.2 Å². The van der Waals surface area contributed by atoms with Crippen LogP contribution >= 0.6 is 23.2 Å². The van der Waals surface area contributed by atoms with Crippen LogP contribution in [0.25, 0.3) is 11.3 Å². The molecule has 4 aromatic rings. The number of aliphatic hydroxyl groups excluding tert-OH is 1. The summed E-state index contributed by atoms with van der Waals surface area (Å²) in [5.41, 5.74) is 2.10. The van der Waals surface area contributed by atoms with Gasteiger partial charge in [0.15, 0.2) is 5.76 Å². The van der Waals surface area contributed by atoms with Crippen LogP contribution in [0.3, 0.4) is 0 Å². The summed E-state index contributed by atoms with van der Waals surface area (Å²) in [7, 11) is 0. The summed E-state index contributed by atoms with van der Waals surface area (Å²) in [4.78, 5) is 4.08. The van der Waals surface area contributed by atoms with Gasteiger partial charge in [-0.25, -0.2) is 0 Å². The molecule has 2 heterocycles. The van der Waals surface area contributed by atoms with Gasteiger partial charge >= 0.3 is 0 Å². The van der Waals surface area contributed by atoms with Crippen molar-refractivity contribution in [2.24, 2.45) is 0 Å². The van der Waals surface area contributed by atoms with Crippen molar-refractivity contribution in [2.45, 2.75) is 12.7 Å². The standard InChI is InChI=1S/C22H16Cl2N2O3/c23-15-8-9-17(18(24)11-15)21-20(22(27)14-5-4-10-25-12-14)19(29-26-21)13-28-16-6-2-1-3-7-16/h1-12,22,27H,13H2. The average Bonchev–Trinajstić information content (AvgIpc) is 3.16. The second-order valence-corrected chi connectivity index (χ2v) is 7.13. The first-order chi connectivity index (χ1) is 14.1. The zero-order chi connectivity index (χ0) is 20.2. The van der Waals surface area contributed by atoms with Crippen LogP contribution in [0.2, 0.25) is 10.0 Å². The smallest absolute Gasteiger partial charge is 0.180 e. The molecule has 1 N–H and O–H groups in total. The molecule has 0 radical (unpaired) electrons. The quantitative estimate of drug-likeness (QED) is 0.427. The fraction of sp³-hybridized carbons (Fsp3) is 0.0909. The number of para-hydroxylation sites is 1. The molecule has 2 aromatic heterocycles. The molecule has 0 aliphatic heterocycles. The maximum absolute atomic E-state index is 11.1. The summed E-state index contributed by atoms with van der Waals surface area (Å²) in [6, 6.07) is 17.9. The fourth-order valence-corrected chi connectivity index (χ4v) is 3.46. The third-order valence-electron chi connectivity index (χ3n) is 4.38. The SMILES string of the molecule is OC(c1cccnc1)c1c(-c2ccc(Cl)cc2Cl)noc1COc1ccccc1. The Labute approximate surface area is 177 Å². The number of benzene rings is 2. The van der Waals surface area contributed by atoms with Gasteiger partial charge in [-0.15, -0.1) is 0 Å². The van der Waals surface area contributed by atoms with E-state index in [1.54, 1.807) is 42.7 Å². The maximum Gasteiger partial charge on any atom is 0.180 e. The Kier molecular flexibility index (Phi) is 5.81. The van der Waals surface area contributed by atoms with E-state index < -0.39 is 6.10 Å². The first-order valence-electron chi connectivity index (χ1n) is 8.83. The molecule has 0 spiro atoms. The number of aliphatic hydroxyl groups is 1. The molecule has 146 valence electrons. The Bertz CT molecular complexity index is 1100. The second kappa shape index (κ2) is 8.66. The van der Waals surface area contributed by atoms with Crippen molar-refractivity contribution in [3.8, 4) is 17.0 Å². The molecule has 0 aliphatic carbocycles. The second-order valence-electron chi connectivity index (χ2n) is 6.28. The van der Waals surface area contributed by atoms with Crippen molar-refractivity contribution in [1.82, 2.24) is 10.1 Å². The monoisotopic (exact) mass is 426 g/mol. The maximum atomic E-state index is 11.1. The minimum Gasteiger partial charge on any atom is -0.486 e. The van der Waals surface area contributed by atoms with Crippen LogP contribution in [0.1, 0.15) is 23.0 Å². The number of rotatable bonds is 6. The van der Waals surface area contributed by atoms with Gasteiger partial charge in [-0.05, 0) is 36.4 Å². The van der Waals surface area contributed by atoms with Crippen LogP contribution in [-0.2, 0) is 6.61 Å². The molecule has 5 nitrogen and oxygen atoms in total. The predicted octanol–water partition coefficient (Wildman–Crippen LogP) is 5.70. The highest BCUT2D eigenvalue weighted by atomic mass is 35.5. The van der Waals surface area contributed by atoms with Crippen molar-refractivity contribution < 1.29 is 14.4 Å². The van der Waals surface area contributed by atoms with E-state index in [2.05, 4.69) is 10.1 Å². The van der Waals surface area contributed by atoms with E-state index in [9.17, 15) is 5.11 Å². The predicted molar refractivity (Wildman–Crippen MR) is 111 cm³/mol. The molecule has 2 aromatic carbocycles. The van der Waals surface area contributed by atoms with Gasteiger partial charge in [-0.1, -0.05) is 52.6 Å². The lowest BCUT2D eigenvalue weighted by Gasteiger charge is -2.13. The molecule has 0 amide bonds. The first-order valence-corrected chi connectivity index (χ1v) is 9.59. The molecule has 0 saturated carbocycles. The highest BCUT2D eigenvalue weighted by molar-refractivity contribution is 6.36. The Morgan fingerprint density at radius 1 is 1.03 bits per heavy atom. The Balaban J connectivity index is 1.76. The van der Waals surface area contributed by atoms with Gasteiger partial charge in [-0.2, -0.15) is 0 Å². The largest absolute Gasteiger partial charge is 0.486 e. The van der Waals surface area contributed by atoms with Gasteiger partial charge in [0.25, 0.3) is 0 Å². The average molecular weight is 427 g/mol. The molecule has 7 heteroatoms. The molecule has 1 unspecified atom stereocenters. The van der Waals surface area contributed by atoms with E-state index in [-0.39, 0.29) is 6.61 Å². The highest BCUT2D eigenvalue weighted by Crippen LogP contribution is 2.38. The molecule has 1 atom stereocenters. The summed E-state index contributed by atoms with van der Waals surface area (Å²) in [6.45, 7) is 0.0921. The molecular formula is C22H16Cl2N2O3. The number of nitrogens with zero attached hydrogens (tertiary/aromatic N) is 2. The van der Waals surface area contributed by atoms with E-state index in [0.717, 1.165) is 0 Å². The third-order valence-corrected chi connectivity index (χ3v) is 4.92. The molecule has 0 aliphatic rings. The fourth-order valence-electron chi connectivity index (χ4n) is 2.96. The summed E-state index contributed by atoms with van der Waals surface area (Å²) in [5, 5.41) is 16.2. The number of halogens is 2. The first kappa shape index (κ1) is 19.5. The summed E-state index contributed by atoms with van der Waals surface area (Å²) < 4.78 is 11.4. The minimum atomic E-state index is -1.02. The van der Waals surface area contributed by atoms with Crippen molar-refractivity contribution in [3.63, 3.8) is 0 Å². The van der Waals surface area contributed by atoms with E-state index in [0.29, 0.717) is 43.9 Å². The van der Waals surface area contributed by atoms with Gasteiger partial charge in [0.05, 0.1) is 10.6 Å². The zero-order valence-electron chi connectivity index (χ0n) is 15.1. The number of hydrogen-bond acceptors (Lipinski definition) is 5. The third kappa shape index (κ3) is 4.27. The summed E-state index contributed by atoms with van der Waals surface area (Å²) in [5.74, 6) is 1.07. The van der Waals surface area contributed by atoms with Crippen molar-refractivity contribution in [1.29, 1.82) is 0 Å². The van der Waals surface area contributed by atoms with E-state index in [4.69, 9.17) is 32.5 Å². The molecule has 0 fully saturated rings. The van der Waals surface area contributed by atoms with Crippen LogP contribution in [0.15, 0.2) is 77.6 Å². The topological polar surface area (TPSA) is 68.4 Å². The molecule has 0 bridgehead atoms. The van der Waals surface area contributed by atoms with Crippen molar-refractivity contribution in [3.05, 3.63) is 100.0 Å². The lowest BCUT2D eigenvalue weighted by Crippen LogP contribution is -2.06. The van der Waals surface area contributed by atoms with Crippen LogP contribution in [0.5, 0.6) is 5.75 Å². The van der Waals surface area contributed by atoms with Crippen molar-refractivity contribution >= 4 is 23.2 Å². The lowest BCUT2D eigenvalue weighted by molar-refractivity contribution is 0.205. The zero-order valence-corrected chi connectivity index (χ0v) is 16.6. The Morgan fingerprint density at radius 3 is 2.59 bits per heavy atom. The van der Waals surface area contributed by atoms with Crippen molar-refractivity contribution in [2.75, 3.05) is 0 Å². The number of aromatic nitrogens is 2. The van der Waals surface area contributed by atoms with E-state index in [1.807, 2.05) is 30.3 Å². The van der Waals surface area contributed by atoms with Crippen LogP contribution in [0.4, 0.5) is 0 Å². The van der Waals surface area contributed by atoms with Gasteiger partial charge in [-0.3, -0.25) is 4.98 Å². The van der Waals surface area contributed by atoms with Gasteiger partial charge in [0.2, 0.25) is 0 Å². The van der Waals surface area contributed by atoms with Gasteiger partial charge in [0.1, 0.15) is 24.2 Å². The van der Waals surface area contributed by atoms with Gasteiger partial charge in [0, 0.05) is 28.5 Å². The Hall–Kier alpha value is -2.86. The van der Waals surface area contributed by atoms with E-state index >= 15 is 0 Å². The van der Waals surface area contributed by atoms with Crippen LogP contribution in [0, 0.1) is 0 Å². The number of pyridine rings is 1. The highest BCUT2D eigenvalue weighted by Gasteiger charge is 2.27. The van der Waals surface area contributed by atoms with Crippen LogP contribution < -0.4 is 4.74 Å². The van der Waals surface area contributed by atoms with E-state index in [1.165, 1.54) is 0 Å². The normalized spacial score (nSPS) is 12.0. The molecule has 4 rings (SSSR count). The Morgan fingerprint density at radius 2 is 1.86 bits per heavy atom. The molecular weight excluding hydrogens is 411 g/mol. The summed E-state index contributed by atoms with van der Waals surface area (Å²) >= 11 is 12.4. The summed E-state index contributed by atoms with van der Waals surface area (Å²) in [6.07, 6.45) is 2.21. The lowest BCUT2D eigenvalue weighted by atomic mass is 9.97. The molecule has 29 heavy (non-hydrogen) atoms. The van der Waals surface area contributed by atoms with Gasteiger partial charge < -0.3 is 14.4 Å².